The summed E-state index contributed by atoms with van der Waals surface area (Å²) in [4.78, 5) is 27.9. The molecule has 0 radical (unpaired) electrons. The minimum atomic E-state index is -0.202. The summed E-state index contributed by atoms with van der Waals surface area (Å²) >= 11 is 0. The van der Waals surface area contributed by atoms with Gasteiger partial charge in [0.15, 0.2) is 0 Å². The molecule has 4 aromatic rings. The molecule has 5 rings (SSSR count). The highest BCUT2D eigenvalue weighted by Gasteiger charge is 2.26. The van der Waals surface area contributed by atoms with Crippen LogP contribution in [0.1, 0.15) is 33.6 Å². The highest BCUT2D eigenvalue weighted by atomic mass is 16.5. The second-order valence-corrected chi connectivity index (χ2v) is 9.59. The number of hydrogen-bond donors (Lipinski definition) is 1. The summed E-state index contributed by atoms with van der Waals surface area (Å²) in [7, 11) is 5.14. The maximum atomic E-state index is 13.3. The molecule has 2 aromatic heterocycles. The number of amides is 2. The summed E-state index contributed by atoms with van der Waals surface area (Å²) in [6.45, 7) is 3.08. The fraction of sp³-hybridized carbons (Fsp3) is 0.393. The first-order chi connectivity index (χ1) is 18.0. The highest BCUT2D eigenvalue weighted by Crippen LogP contribution is 2.30. The molecule has 0 atom stereocenters. The van der Waals surface area contributed by atoms with E-state index in [1.54, 1.807) is 20.3 Å². The number of hydrogen-bond acceptors (Lipinski definition) is 5. The van der Waals surface area contributed by atoms with Gasteiger partial charge in [-0.15, -0.1) is 0 Å². The van der Waals surface area contributed by atoms with Gasteiger partial charge in [0.1, 0.15) is 5.75 Å². The molecule has 1 N–H and O–H groups in total. The van der Waals surface area contributed by atoms with E-state index in [-0.39, 0.29) is 11.8 Å². The Morgan fingerprint density at radius 3 is 2.57 bits per heavy atom. The molecule has 1 aliphatic heterocycles. The Bertz CT molecular complexity index is 1430. The Balaban J connectivity index is 1.25. The number of piperidine rings is 1. The first-order valence-electron chi connectivity index (χ1n) is 12.6. The van der Waals surface area contributed by atoms with Gasteiger partial charge in [-0.25, -0.2) is 0 Å². The second-order valence-electron chi connectivity index (χ2n) is 9.59. The van der Waals surface area contributed by atoms with Crippen LogP contribution in [0.3, 0.4) is 0 Å². The van der Waals surface area contributed by atoms with Crippen molar-refractivity contribution in [1.29, 1.82) is 0 Å². The van der Waals surface area contributed by atoms with Crippen molar-refractivity contribution in [2.45, 2.75) is 19.4 Å². The van der Waals surface area contributed by atoms with E-state index < -0.39 is 0 Å². The second kappa shape index (κ2) is 10.6. The van der Waals surface area contributed by atoms with Crippen LogP contribution in [0.25, 0.3) is 21.8 Å². The van der Waals surface area contributed by atoms with Gasteiger partial charge in [0.05, 0.1) is 35.7 Å². The number of ether oxygens (including phenoxy) is 2. The molecule has 2 aromatic carbocycles. The fourth-order valence-electron chi connectivity index (χ4n) is 5.24. The Hall–Kier alpha value is -3.85. The van der Waals surface area contributed by atoms with Crippen LogP contribution >= 0.6 is 0 Å². The standard InChI is InChI=1S/C28H33N5O4/c1-31-17-22(20-6-4-5-7-25(20)31)28(35)32-13-10-19(11-14-32)16-33-18-23-24(30-33)9-8-21(26(23)37-3)27(34)29-12-15-36-2/h4-9,17-19H,10-16H2,1-3H3,(H,29,34). The molecule has 1 aliphatic rings. The smallest absolute Gasteiger partial charge is 0.256 e. The van der Waals surface area contributed by atoms with Crippen molar-refractivity contribution in [3.05, 3.63) is 59.9 Å². The van der Waals surface area contributed by atoms with E-state index in [2.05, 4.69) is 5.32 Å². The van der Waals surface area contributed by atoms with E-state index >= 15 is 0 Å². The molecule has 1 saturated heterocycles. The number of carbonyl (C=O) groups excluding carboxylic acids is 2. The number of carbonyl (C=O) groups is 2. The van der Waals surface area contributed by atoms with Crippen molar-refractivity contribution in [2.75, 3.05) is 40.5 Å². The molecule has 1 fully saturated rings. The lowest BCUT2D eigenvalue weighted by Crippen LogP contribution is -2.39. The molecule has 0 aliphatic carbocycles. The van der Waals surface area contributed by atoms with E-state index in [0.717, 1.165) is 59.8 Å². The number of nitrogens with zero attached hydrogens (tertiary/aromatic N) is 4. The first-order valence-corrected chi connectivity index (χ1v) is 12.6. The number of aryl methyl sites for hydroxylation is 1. The van der Waals surface area contributed by atoms with Crippen LogP contribution in [0.2, 0.25) is 0 Å². The summed E-state index contributed by atoms with van der Waals surface area (Å²) in [6, 6.07) is 11.6. The zero-order valence-corrected chi connectivity index (χ0v) is 21.6. The number of benzene rings is 2. The number of nitrogens with one attached hydrogen (secondary N) is 1. The SMILES string of the molecule is COCCNC(=O)c1ccc2nn(CC3CCN(C(=O)c4cn(C)c5ccccc45)CC3)cc2c1OC. The van der Waals surface area contributed by atoms with E-state index in [1.165, 1.54) is 0 Å². The lowest BCUT2D eigenvalue weighted by atomic mass is 9.96. The van der Waals surface area contributed by atoms with Crippen molar-refractivity contribution in [3.63, 3.8) is 0 Å². The van der Waals surface area contributed by atoms with E-state index in [0.29, 0.717) is 30.4 Å². The zero-order chi connectivity index (χ0) is 25.9. The molecule has 0 bridgehead atoms. The predicted octanol–water partition coefficient (Wildman–Crippen LogP) is 3.47. The first kappa shape index (κ1) is 24.8. The van der Waals surface area contributed by atoms with E-state index in [4.69, 9.17) is 14.6 Å². The molecule has 194 valence electrons. The molecule has 9 heteroatoms. The van der Waals surface area contributed by atoms with Gasteiger partial charge >= 0.3 is 0 Å². The maximum Gasteiger partial charge on any atom is 0.256 e. The van der Waals surface area contributed by atoms with Crippen LogP contribution in [0.15, 0.2) is 48.8 Å². The van der Waals surface area contributed by atoms with Gasteiger partial charge in [-0.3, -0.25) is 14.3 Å². The molecule has 2 amide bonds. The lowest BCUT2D eigenvalue weighted by molar-refractivity contribution is 0.0683. The summed E-state index contributed by atoms with van der Waals surface area (Å²) in [6.07, 6.45) is 5.72. The molecule has 3 heterocycles. The van der Waals surface area contributed by atoms with Crippen molar-refractivity contribution < 1.29 is 19.1 Å². The average Bonchev–Trinajstić information content (AvgIpc) is 3.48. The van der Waals surface area contributed by atoms with Gasteiger partial charge in [0.25, 0.3) is 11.8 Å². The van der Waals surface area contributed by atoms with E-state index in [1.807, 2.05) is 63.9 Å². The van der Waals surface area contributed by atoms with Crippen LogP contribution in [0, 0.1) is 5.92 Å². The molecular weight excluding hydrogens is 470 g/mol. The Labute approximate surface area is 215 Å². The van der Waals surface area contributed by atoms with Crippen molar-refractivity contribution >= 4 is 33.6 Å². The molecule has 0 saturated carbocycles. The van der Waals surface area contributed by atoms with E-state index in [9.17, 15) is 9.59 Å². The third-order valence-electron chi connectivity index (χ3n) is 7.20. The summed E-state index contributed by atoms with van der Waals surface area (Å²) in [5.41, 5.74) is 3.10. The number of methoxy groups -OCH3 is 2. The number of rotatable bonds is 8. The third-order valence-corrected chi connectivity index (χ3v) is 7.20. The zero-order valence-electron chi connectivity index (χ0n) is 21.6. The topological polar surface area (TPSA) is 90.6 Å². The maximum absolute atomic E-state index is 13.3. The molecule has 9 nitrogen and oxygen atoms in total. The van der Waals surface area contributed by atoms with Gasteiger partial charge in [0.2, 0.25) is 0 Å². The van der Waals surface area contributed by atoms with Gasteiger partial charge < -0.3 is 24.3 Å². The predicted molar refractivity (Wildman–Crippen MR) is 142 cm³/mol. The van der Waals surface area contributed by atoms with Gasteiger partial charge in [0, 0.05) is 63.6 Å². The average molecular weight is 504 g/mol. The van der Waals surface area contributed by atoms with Gasteiger partial charge in [-0.05, 0) is 37.0 Å². The summed E-state index contributed by atoms with van der Waals surface area (Å²) in [5, 5.41) is 9.39. The van der Waals surface area contributed by atoms with Crippen molar-refractivity contribution in [2.24, 2.45) is 13.0 Å². The quantitative estimate of drug-likeness (QED) is 0.372. The molecule has 0 unspecified atom stereocenters. The van der Waals surface area contributed by atoms with Gasteiger partial charge in [-0.1, -0.05) is 18.2 Å². The highest BCUT2D eigenvalue weighted by molar-refractivity contribution is 6.07. The van der Waals surface area contributed by atoms with Crippen molar-refractivity contribution in [1.82, 2.24) is 24.6 Å². The van der Waals surface area contributed by atoms with Crippen LogP contribution < -0.4 is 10.1 Å². The lowest BCUT2D eigenvalue weighted by Gasteiger charge is -2.32. The summed E-state index contributed by atoms with van der Waals surface area (Å²) < 4.78 is 14.6. The molecular formula is C28H33N5O4. The van der Waals surface area contributed by atoms with Crippen LogP contribution in [0.5, 0.6) is 5.75 Å². The molecule has 0 spiro atoms. The van der Waals surface area contributed by atoms with Crippen molar-refractivity contribution in [3.8, 4) is 5.75 Å². The Kier molecular flexibility index (Phi) is 7.14. The minimum Gasteiger partial charge on any atom is -0.495 e. The van der Waals surface area contributed by atoms with Crippen LogP contribution in [-0.2, 0) is 18.3 Å². The van der Waals surface area contributed by atoms with Crippen LogP contribution in [0.4, 0.5) is 0 Å². The minimum absolute atomic E-state index is 0.0983. The monoisotopic (exact) mass is 503 g/mol. The largest absolute Gasteiger partial charge is 0.495 e. The Morgan fingerprint density at radius 2 is 1.81 bits per heavy atom. The van der Waals surface area contributed by atoms with Crippen LogP contribution in [-0.4, -0.2) is 71.5 Å². The fourth-order valence-corrected chi connectivity index (χ4v) is 5.24. The number of likely N-dealkylation sites (tertiary alicyclic amines) is 1. The number of para-hydroxylation sites is 1. The number of aromatic nitrogens is 3. The summed E-state index contributed by atoms with van der Waals surface area (Å²) in [5.74, 6) is 0.829. The molecule has 37 heavy (non-hydrogen) atoms. The number of fused-ring (bicyclic) bond motifs is 2. The van der Waals surface area contributed by atoms with Gasteiger partial charge in [-0.2, -0.15) is 5.10 Å². The third kappa shape index (κ3) is 4.91. The normalized spacial score (nSPS) is 14.4. The Morgan fingerprint density at radius 1 is 1.03 bits per heavy atom.